The first-order chi connectivity index (χ1) is 9.61. The Kier molecular flexibility index (Phi) is 4.05. The highest BCUT2D eigenvalue weighted by atomic mass is 16.5. The molecule has 20 heavy (non-hydrogen) atoms. The molecule has 1 N–H and O–H groups in total. The van der Waals surface area contributed by atoms with Crippen LogP contribution in [0.5, 0.6) is 0 Å². The van der Waals surface area contributed by atoms with Crippen molar-refractivity contribution in [1.29, 1.82) is 0 Å². The fourth-order valence-electron chi connectivity index (χ4n) is 2.92. The molecule has 1 saturated carbocycles. The minimum absolute atomic E-state index is 0.293. The molecule has 1 aromatic rings. The number of hydrogen-bond acceptors (Lipinski definition) is 5. The summed E-state index contributed by atoms with van der Waals surface area (Å²) in [5, 5.41) is 18.2. The summed E-state index contributed by atoms with van der Waals surface area (Å²) < 4.78 is 7.57. The Labute approximate surface area is 119 Å². The lowest BCUT2D eigenvalue weighted by Crippen LogP contribution is -2.46. The monoisotopic (exact) mass is 280 g/mol. The molecule has 0 spiro atoms. The maximum Gasteiger partial charge on any atom is 0.111 e. The van der Waals surface area contributed by atoms with Gasteiger partial charge in [-0.25, -0.2) is 0 Å². The fraction of sp³-hybridized carbons (Fsp3) is 0.857. The lowest BCUT2D eigenvalue weighted by Gasteiger charge is -2.35. The molecule has 1 aliphatic heterocycles. The summed E-state index contributed by atoms with van der Waals surface area (Å²) >= 11 is 0. The van der Waals surface area contributed by atoms with Crippen LogP contribution in [0, 0.1) is 5.92 Å². The van der Waals surface area contributed by atoms with Gasteiger partial charge in [0, 0.05) is 19.6 Å². The van der Waals surface area contributed by atoms with Crippen LogP contribution in [0.15, 0.2) is 6.20 Å². The summed E-state index contributed by atoms with van der Waals surface area (Å²) in [6.07, 6.45) is 4.27. The second-order valence-electron chi connectivity index (χ2n) is 6.21. The molecule has 3 atom stereocenters. The third-order valence-electron chi connectivity index (χ3n) is 4.07. The molecule has 1 aromatic heterocycles. The van der Waals surface area contributed by atoms with Gasteiger partial charge in [0.05, 0.1) is 24.9 Å². The maximum atomic E-state index is 10.0. The molecule has 0 bridgehead atoms. The Morgan fingerprint density at radius 2 is 2.00 bits per heavy atom. The minimum atomic E-state index is -0.424. The van der Waals surface area contributed by atoms with E-state index in [1.807, 2.05) is 10.9 Å². The fourth-order valence-corrected chi connectivity index (χ4v) is 2.92. The second-order valence-corrected chi connectivity index (χ2v) is 6.21. The summed E-state index contributed by atoms with van der Waals surface area (Å²) in [4.78, 5) is 2.40. The number of aromatic nitrogens is 3. The molecule has 2 fully saturated rings. The van der Waals surface area contributed by atoms with E-state index in [1.54, 1.807) is 0 Å². The van der Waals surface area contributed by atoms with E-state index in [4.69, 9.17) is 4.74 Å². The van der Waals surface area contributed by atoms with Gasteiger partial charge in [0.1, 0.15) is 11.8 Å². The third kappa shape index (κ3) is 3.37. The molecule has 1 saturated heterocycles. The van der Waals surface area contributed by atoms with Crippen LogP contribution >= 0.6 is 0 Å². The standard InChI is InChI=1S/C14H24N4O2/c1-10-7-17(8-11(2)20-10)5-6-18-9-13(15-16-18)14(19)12-3-4-12/h9-12,14,19H,3-8H2,1-2H3. The van der Waals surface area contributed by atoms with Crippen LogP contribution in [0.4, 0.5) is 0 Å². The Balaban J connectivity index is 1.50. The zero-order valence-corrected chi connectivity index (χ0v) is 12.3. The number of nitrogens with zero attached hydrogens (tertiary/aromatic N) is 4. The Bertz CT molecular complexity index is 436. The van der Waals surface area contributed by atoms with Crippen molar-refractivity contribution in [3.05, 3.63) is 11.9 Å². The van der Waals surface area contributed by atoms with Crippen LogP contribution in [0.2, 0.25) is 0 Å². The molecule has 6 heteroatoms. The van der Waals surface area contributed by atoms with Crippen LogP contribution < -0.4 is 0 Å². The van der Waals surface area contributed by atoms with E-state index < -0.39 is 6.10 Å². The lowest BCUT2D eigenvalue weighted by molar-refractivity contribution is -0.0687. The van der Waals surface area contributed by atoms with Gasteiger partial charge in [0.25, 0.3) is 0 Å². The van der Waals surface area contributed by atoms with Gasteiger partial charge in [-0.3, -0.25) is 9.58 Å². The van der Waals surface area contributed by atoms with Gasteiger partial charge in [0.2, 0.25) is 0 Å². The van der Waals surface area contributed by atoms with Crippen LogP contribution in [-0.2, 0) is 11.3 Å². The average Bonchev–Trinajstić information content (AvgIpc) is 3.13. The largest absolute Gasteiger partial charge is 0.386 e. The predicted molar refractivity (Wildman–Crippen MR) is 74.2 cm³/mol. The van der Waals surface area contributed by atoms with Gasteiger partial charge in [-0.2, -0.15) is 0 Å². The summed E-state index contributed by atoms with van der Waals surface area (Å²) in [5.74, 6) is 0.404. The van der Waals surface area contributed by atoms with Crippen molar-refractivity contribution >= 4 is 0 Å². The van der Waals surface area contributed by atoms with Crippen molar-refractivity contribution in [2.75, 3.05) is 19.6 Å². The number of hydrogen-bond donors (Lipinski definition) is 1. The molecule has 1 aliphatic carbocycles. The van der Waals surface area contributed by atoms with Gasteiger partial charge in [-0.1, -0.05) is 5.21 Å². The van der Waals surface area contributed by atoms with Crippen molar-refractivity contribution < 1.29 is 9.84 Å². The van der Waals surface area contributed by atoms with Gasteiger partial charge in [-0.15, -0.1) is 5.10 Å². The highest BCUT2D eigenvalue weighted by Gasteiger charge is 2.32. The first-order valence-electron chi connectivity index (χ1n) is 7.57. The molecular weight excluding hydrogens is 256 g/mol. The van der Waals surface area contributed by atoms with E-state index in [1.165, 1.54) is 0 Å². The molecule has 3 unspecified atom stereocenters. The number of rotatable bonds is 5. The lowest BCUT2D eigenvalue weighted by atomic mass is 10.2. The molecule has 6 nitrogen and oxygen atoms in total. The van der Waals surface area contributed by atoms with Crippen molar-refractivity contribution in [2.24, 2.45) is 5.92 Å². The predicted octanol–water partition coefficient (Wildman–Crippen LogP) is 0.831. The second kappa shape index (κ2) is 5.79. The van der Waals surface area contributed by atoms with E-state index in [0.717, 1.165) is 44.7 Å². The van der Waals surface area contributed by atoms with Gasteiger partial charge >= 0.3 is 0 Å². The zero-order chi connectivity index (χ0) is 14.1. The first kappa shape index (κ1) is 14.0. The molecule has 112 valence electrons. The average molecular weight is 280 g/mol. The van der Waals surface area contributed by atoms with Crippen molar-refractivity contribution in [3.8, 4) is 0 Å². The first-order valence-corrected chi connectivity index (χ1v) is 7.57. The van der Waals surface area contributed by atoms with Gasteiger partial charge in [-0.05, 0) is 32.6 Å². The number of aliphatic hydroxyl groups is 1. The van der Waals surface area contributed by atoms with Gasteiger partial charge in [0.15, 0.2) is 0 Å². The number of aliphatic hydroxyl groups excluding tert-OH is 1. The summed E-state index contributed by atoms with van der Waals surface area (Å²) in [5.41, 5.74) is 0.719. The Hall–Kier alpha value is -0.980. The maximum absolute atomic E-state index is 10.0. The molecule has 2 aliphatic rings. The highest BCUT2D eigenvalue weighted by molar-refractivity contribution is 5.02. The van der Waals surface area contributed by atoms with E-state index in [0.29, 0.717) is 18.1 Å². The van der Waals surface area contributed by atoms with Crippen molar-refractivity contribution in [1.82, 2.24) is 19.9 Å². The topological polar surface area (TPSA) is 63.4 Å². The summed E-state index contributed by atoms with van der Waals surface area (Å²) in [7, 11) is 0. The third-order valence-corrected chi connectivity index (χ3v) is 4.07. The SMILES string of the molecule is CC1CN(CCn2cc(C(O)C3CC3)nn2)CC(C)O1. The molecule has 2 heterocycles. The quantitative estimate of drug-likeness (QED) is 0.865. The van der Waals surface area contributed by atoms with E-state index in [9.17, 15) is 5.11 Å². The Morgan fingerprint density at radius 3 is 2.65 bits per heavy atom. The van der Waals surface area contributed by atoms with E-state index >= 15 is 0 Å². The molecule has 3 rings (SSSR count). The van der Waals surface area contributed by atoms with Gasteiger partial charge < -0.3 is 9.84 Å². The zero-order valence-electron chi connectivity index (χ0n) is 12.3. The summed E-state index contributed by atoms with van der Waals surface area (Å²) in [6, 6.07) is 0. The van der Waals surface area contributed by atoms with Crippen molar-refractivity contribution in [2.45, 2.75) is 51.5 Å². The van der Waals surface area contributed by atoms with Crippen LogP contribution in [0.1, 0.15) is 38.5 Å². The molecule has 0 aromatic carbocycles. The number of morpholine rings is 1. The Morgan fingerprint density at radius 1 is 1.30 bits per heavy atom. The van der Waals surface area contributed by atoms with Crippen LogP contribution in [0.25, 0.3) is 0 Å². The summed E-state index contributed by atoms with van der Waals surface area (Å²) in [6.45, 7) is 7.92. The van der Waals surface area contributed by atoms with E-state index in [-0.39, 0.29) is 0 Å². The molecular formula is C14H24N4O2. The molecule has 0 amide bonds. The van der Waals surface area contributed by atoms with E-state index in [2.05, 4.69) is 29.1 Å². The van der Waals surface area contributed by atoms with Crippen molar-refractivity contribution in [3.63, 3.8) is 0 Å². The smallest absolute Gasteiger partial charge is 0.111 e. The van der Waals surface area contributed by atoms with Crippen LogP contribution in [-0.4, -0.2) is 56.8 Å². The van der Waals surface area contributed by atoms with Crippen LogP contribution in [0.3, 0.4) is 0 Å². The molecule has 0 radical (unpaired) electrons. The highest BCUT2D eigenvalue weighted by Crippen LogP contribution is 2.39. The number of ether oxygens (including phenoxy) is 1. The normalized spacial score (nSPS) is 29.6. The minimum Gasteiger partial charge on any atom is -0.386 e.